The maximum atomic E-state index is 11.7. The van der Waals surface area contributed by atoms with Crippen molar-refractivity contribution in [2.24, 2.45) is 0 Å². The molecular weight excluding hydrogens is 294 g/mol. The van der Waals surface area contributed by atoms with Gasteiger partial charge in [0.2, 0.25) is 0 Å². The van der Waals surface area contributed by atoms with Gasteiger partial charge < -0.3 is 15.7 Å². The second kappa shape index (κ2) is 7.61. The van der Waals surface area contributed by atoms with E-state index in [0.717, 1.165) is 5.56 Å². The maximum Gasteiger partial charge on any atom is 0.313 e. The smallest absolute Gasteiger partial charge is 0.313 e. The highest BCUT2D eigenvalue weighted by atomic mass is 16.3. The summed E-state index contributed by atoms with van der Waals surface area (Å²) in [5, 5.41) is 22.8. The number of amides is 2. The molecule has 0 saturated heterocycles. The molecule has 0 bridgehead atoms. The van der Waals surface area contributed by atoms with Crippen LogP contribution in [0.3, 0.4) is 0 Å². The molecule has 0 aliphatic rings. The summed E-state index contributed by atoms with van der Waals surface area (Å²) < 4.78 is 0. The topological polar surface area (TPSA) is 102 Å². The molecule has 0 aliphatic carbocycles. The van der Waals surface area contributed by atoms with E-state index in [9.17, 15) is 14.7 Å². The summed E-state index contributed by atoms with van der Waals surface area (Å²) in [5.41, 5.74) is 1.86. The average molecular weight is 309 g/mol. The Labute approximate surface area is 133 Å². The Kier molecular flexibility index (Phi) is 5.31. The van der Waals surface area contributed by atoms with Crippen LogP contribution in [0.4, 0.5) is 5.69 Å². The number of aromatic hydroxyl groups is 1. The monoisotopic (exact) mass is 309 g/mol. The zero-order valence-electron chi connectivity index (χ0n) is 12.2. The fraction of sp³-hybridized carbons (Fsp3) is 0.118. The van der Waals surface area contributed by atoms with Crippen molar-refractivity contribution in [3.05, 3.63) is 59.7 Å². The van der Waals surface area contributed by atoms with Gasteiger partial charge >= 0.3 is 11.8 Å². The fourth-order valence-corrected chi connectivity index (χ4v) is 1.88. The predicted octanol–water partition coefficient (Wildman–Crippen LogP) is 1.56. The van der Waals surface area contributed by atoms with E-state index in [-0.39, 0.29) is 5.75 Å². The highest BCUT2D eigenvalue weighted by Crippen LogP contribution is 2.10. The maximum absolute atomic E-state index is 11.7. The molecular formula is C17H15N3O3. The first-order chi connectivity index (χ1) is 11.1. The number of anilines is 1. The highest BCUT2D eigenvalue weighted by Gasteiger charge is 2.12. The number of carbonyl (C=O) groups is 2. The summed E-state index contributed by atoms with van der Waals surface area (Å²) in [6.45, 7) is 0.310. The zero-order chi connectivity index (χ0) is 16.7. The van der Waals surface area contributed by atoms with Gasteiger partial charge in [-0.05, 0) is 48.4 Å². The number of hydrogen-bond acceptors (Lipinski definition) is 4. The summed E-state index contributed by atoms with van der Waals surface area (Å²) >= 11 is 0. The van der Waals surface area contributed by atoms with Crippen LogP contribution in [0, 0.1) is 11.3 Å². The number of rotatable bonds is 4. The number of nitriles is 1. The Morgan fingerprint density at radius 3 is 2.26 bits per heavy atom. The molecule has 0 atom stereocenters. The summed E-state index contributed by atoms with van der Waals surface area (Å²) in [7, 11) is 0. The number of hydrogen-bond donors (Lipinski definition) is 3. The van der Waals surface area contributed by atoms with Gasteiger partial charge in [-0.2, -0.15) is 5.26 Å². The summed E-state index contributed by atoms with van der Waals surface area (Å²) in [4.78, 5) is 23.4. The van der Waals surface area contributed by atoms with Crippen LogP contribution < -0.4 is 10.6 Å². The molecule has 2 rings (SSSR count). The lowest BCUT2D eigenvalue weighted by atomic mass is 10.1. The molecule has 0 heterocycles. The predicted molar refractivity (Wildman–Crippen MR) is 84.6 cm³/mol. The molecule has 0 aliphatic heterocycles. The average Bonchev–Trinajstić information content (AvgIpc) is 2.57. The zero-order valence-corrected chi connectivity index (χ0v) is 12.2. The van der Waals surface area contributed by atoms with Crippen molar-refractivity contribution in [2.45, 2.75) is 6.42 Å². The number of phenolic OH excluding ortho intramolecular Hbond substituents is 1. The third-order valence-electron chi connectivity index (χ3n) is 3.11. The van der Waals surface area contributed by atoms with E-state index < -0.39 is 11.8 Å². The van der Waals surface area contributed by atoms with Crippen LogP contribution in [0.15, 0.2) is 48.5 Å². The van der Waals surface area contributed by atoms with Gasteiger partial charge in [0.1, 0.15) is 5.75 Å². The number of benzene rings is 2. The van der Waals surface area contributed by atoms with Crippen LogP contribution in [0.1, 0.15) is 11.1 Å². The largest absolute Gasteiger partial charge is 0.508 e. The quantitative estimate of drug-likeness (QED) is 0.746. The van der Waals surface area contributed by atoms with E-state index in [0.29, 0.717) is 24.2 Å². The van der Waals surface area contributed by atoms with Gasteiger partial charge in [-0.15, -0.1) is 0 Å². The van der Waals surface area contributed by atoms with Gasteiger partial charge in [-0.25, -0.2) is 0 Å². The van der Waals surface area contributed by atoms with Crippen molar-refractivity contribution in [1.82, 2.24) is 5.32 Å². The van der Waals surface area contributed by atoms with Crippen molar-refractivity contribution < 1.29 is 14.7 Å². The lowest BCUT2D eigenvalue weighted by Crippen LogP contribution is -2.36. The van der Waals surface area contributed by atoms with Crippen LogP contribution in [0.2, 0.25) is 0 Å². The van der Waals surface area contributed by atoms with Crippen molar-refractivity contribution in [3.63, 3.8) is 0 Å². The van der Waals surface area contributed by atoms with Crippen LogP contribution in [0.5, 0.6) is 5.75 Å². The Balaban J connectivity index is 1.79. The first-order valence-corrected chi connectivity index (χ1v) is 6.96. The molecule has 116 valence electrons. The standard InChI is InChI=1S/C17H15N3O3/c18-11-13-1-5-14(6-2-13)20-17(23)16(22)19-10-9-12-3-7-15(21)8-4-12/h1-8,21H,9-10H2,(H,19,22)(H,20,23). The summed E-state index contributed by atoms with van der Waals surface area (Å²) in [6.07, 6.45) is 0.552. The van der Waals surface area contributed by atoms with E-state index in [2.05, 4.69) is 10.6 Å². The molecule has 2 aromatic rings. The number of nitrogens with one attached hydrogen (secondary N) is 2. The van der Waals surface area contributed by atoms with Gasteiger partial charge in [-0.1, -0.05) is 12.1 Å². The van der Waals surface area contributed by atoms with Gasteiger partial charge in [0.15, 0.2) is 0 Å². The first kappa shape index (κ1) is 16.0. The number of carbonyl (C=O) groups excluding carboxylic acids is 2. The Morgan fingerprint density at radius 2 is 1.65 bits per heavy atom. The second-order valence-electron chi connectivity index (χ2n) is 4.82. The van der Waals surface area contributed by atoms with Crippen molar-refractivity contribution in [3.8, 4) is 11.8 Å². The van der Waals surface area contributed by atoms with Gasteiger partial charge in [-0.3, -0.25) is 9.59 Å². The third kappa shape index (κ3) is 4.86. The van der Waals surface area contributed by atoms with E-state index in [1.165, 1.54) is 0 Å². The molecule has 2 amide bonds. The van der Waals surface area contributed by atoms with Crippen LogP contribution in [-0.2, 0) is 16.0 Å². The third-order valence-corrected chi connectivity index (χ3v) is 3.11. The normalized spacial score (nSPS) is 9.70. The molecule has 0 aromatic heterocycles. The van der Waals surface area contributed by atoms with Crippen LogP contribution in [-0.4, -0.2) is 23.5 Å². The minimum atomic E-state index is -0.764. The van der Waals surface area contributed by atoms with Crippen molar-refractivity contribution >= 4 is 17.5 Å². The molecule has 3 N–H and O–H groups in total. The summed E-state index contributed by atoms with van der Waals surface area (Å²) in [6, 6.07) is 14.8. The fourth-order valence-electron chi connectivity index (χ4n) is 1.88. The molecule has 0 radical (unpaired) electrons. The minimum Gasteiger partial charge on any atom is -0.508 e. The van der Waals surface area contributed by atoms with Gasteiger partial charge in [0, 0.05) is 12.2 Å². The SMILES string of the molecule is N#Cc1ccc(NC(=O)C(=O)NCCc2ccc(O)cc2)cc1. The lowest BCUT2D eigenvalue weighted by Gasteiger charge is -2.07. The van der Waals surface area contributed by atoms with E-state index in [4.69, 9.17) is 5.26 Å². The molecule has 0 unspecified atom stereocenters. The lowest BCUT2D eigenvalue weighted by molar-refractivity contribution is -0.136. The molecule has 0 saturated carbocycles. The van der Waals surface area contributed by atoms with Crippen LogP contribution in [0.25, 0.3) is 0 Å². The molecule has 0 spiro atoms. The van der Waals surface area contributed by atoms with Crippen LogP contribution >= 0.6 is 0 Å². The minimum absolute atomic E-state index is 0.180. The number of phenols is 1. The molecule has 6 nitrogen and oxygen atoms in total. The van der Waals surface area contributed by atoms with E-state index in [1.54, 1.807) is 48.5 Å². The van der Waals surface area contributed by atoms with Gasteiger partial charge in [0.25, 0.3) is 0 Å². The van der Waals surface area contributed by atoms with E-state index >= 15 is 0 Å². The number of nitrogens with zero attached hydrogens (tertiary/aromatic N) is 1. The molecule has 2 aromatic carbocycles. The first-order valence-electron chi connectivity index (χ1n) is 6.96. The molecule has 0 fully saturated rings. The van der Waals surface area contributed by atoms with Crippen molar-refractivity contribution in [2.75, 3.05) is 11.9 Å². The summed E-state index contributed by atoms with van der Waals surface area (Å²) in [5.74, 6) is -1.31. The Hall–Kier alpha value is -3.33. The van der Waals surface area contributed by atoms with E-state index in [1.807, 2.05) is 6.07 Å². The Morgan fingerprint density at radius 1 is 1.00 bits per heavy atom. The second-order valence-corrected chi connectivity index (χ2v) is 4.82. The molecule has 6 heteroatoms. The Bertz CT molecular complexity index is 731. The van der Waals surface area contributed by atoms with Crippen molar-refractivity contribution in [1.29, 1.82) is 5.26 Å². The molecule has 23 heavy (non-hydrogen) atoms. The highest BCUT2D eigenvalue weighted by molar-refractivity contribution is 6.39. The van der Waals surface area contributed by atoms with Gasteiger partial charge in [0.05, 0.1) is 11.6 Å².